The fraction of sp³-hybridized carbons (Fsp3) is 0.176. The second-order valence-electron chi connectivity index (χ2n) is 6.02. The van der Waals surface area contributed by atoms with Crippen molar-refractivity contribution in [2.75, 3.05) is 16.4 Å². The van der Waals surface area contributed by atoms with Crippen LogP contribution in [0.2, 0.25) is 0 Å². The van der Waals surface area contributed by atoms with E-state index in [1.807, 2.05) is 18.3 Å². The lowest BCUT2D eigenvalue weighted by molar-refractivity contribution is 0.100. The Kier molecular flexibility index (Phi) is 3.82. The van der Waals surface area contributed by atoms with Gasteiger partial charge in [0.05, 0.1) is 16.8 Å². The highest BCUT2D eigenvalue weighted by molar-refractivity contribution is 7.21. The molecule has 2 heterocycles. The van der Waals surface area contributed by atoms with E-state index < -0.39 is 5.91 Å². The number of hydrogen-bond donors (Lipinski definition) is 4. The van der Waals surface area contributed by atoms with Crippen molar-refractivity contribution in [2.45, 2.75) is 18.9 Å². The van der Waals surface area contributed by atoms with Crippen molar-refractivity contribution in [1.29, 1.82) is 5.26 Å². The maximum absolute atomic E-state index is 11.7. The molecule has 1 aromatic carbocycles. The molecule has 1 saturated carbocycles. The van der Waals surface area contributed by atoms with E-state index in [0.29, 0.717) is 33.6 Å². The zero-order chi connectivity index (χ0) is 18.3. The standard InChI is InChI=1S/C17H15N7OS/c18-7-21-10-3-1-2-8(6-10)13-11-12(19)14(15(20)25)26-16(11)24-17(23-13)22-9-4-5-9/h1-3,6,9,21H,4-5,19H2,(H2,20,25)(H,22,23,24). The van der Waals surface area contributed by atoms with E-state index in [1.54, 1.807) is 12.1 Å². The van der Waals surface area contributed by atoms with Gasteiger partial charge in [0, 0.05) is 17.3 Å². The number of anilines is 3. The van der Waals surface area contributed by atoms with Gasteiger partial charge in [0.15, 0.2) is 6.19 Å². The minimum Gasteiger partial charge on any atom is -0.397 e. The van der Waals surface area contributed by atoms with E-state index >= 15 is 0 Å². The first-order valence-electron chi connectivity index (χ1n) is 7.98. The Morgan fingerprint density at radius 3 is 2.85 bits per heavy atom. The Hall–Kier alpha value is -3.38. The molecular formula is C17H15N7OS. The Labute approximate surface area is 152 Å². The number of fused-ring (bicyclic) bond motifs is 1. The fourth-order valence-electron chi connectivity index (χ4n) is 2.70. The van der Waals surface area contributed by atoms with Gasteiger partial charge in [0.1, 0.15) is 9.71 Å². The third kappa shape index (κ3) is 2.87. The lowest BCUT2D eigenvalue weighted by Gasteiger charge is -2.09. The number of nitrogens with zero attached hydrogens (tertiary/aromatic N) is 3. The normalized spacial score (nSPS) is 13.3. The summed E-state index contributed by atoms with van der Waals surface area (Å²) < 4.78 is 0. The molecule has 0 aliphatic heterocycles. The van der Waals surface area contributed by atoms with E-state index in [2.05, 4.69) is 20.6 Å². The molecule has 9 heteroatoms. The molecule has 26 heavy (non-hydrogen) atoms. The zero-order valence-electron chi connectivity index (χ0n) is 13.6. The number of nitriles is 1. The van der Waals surface area contributed by atoms with Crippen molar-refractivity contribution in [3.63, 3.8) is 0 Å². The maximum atomic E-state index is 11.7. The van der Waals surface area contributed by atoms with E-state index in [9.17, 15) is 4.79 Å². The third-order valence-corrected chi connectivity index (χ3v) is 5.17. The highest BCUT2D eigenvalue weighted by atomic mass is 32.1. The van der Waals surface area contributed by atoms with Crippen molar-refractivity contribution < 1.29 is 4.79 Å². The number of amides is 1. The number of nitrogens with one attached hydrogen (secondary N) is 2. The van der Waals surface area contributed by atoms with Crippen LogP contribution < -0.4 is 22.1 Å². The SMILES string of the molecule is N#CNc1cccc(-c2nc(NC3CC3)nc3sc(C(N)=O)c(N)c23)c1. The molecule has 130 valence electrons. The molecule has 0 atom stereocenters. The van der Waals surface area contributed by atoms with E-state index in [0.717, 1.165) is 29.7 Å². The largest absolute Gasteiger partial charge is 0.397 e. The molecule has 1 aliphatic rings. The molecule has 0 radical (unpaired) electrons. The molecular weight excluding hydrogens is 350 g/mol. The van der Waals surface area contributed by atoms with Crippen molar-refractivity contribution in [3.05, 3.63) is 29.1 Å². The van der Waals surface area contributed by atoms with Crippen LogP contribution in [0, 0.1) is 11.5 Å². The summed E-state index contributed by atoms with van der Waals surface area (Å²) in [6.45, 7) is 0. The highest BCUT2D eigenvalue weighted by Crippen LogP contribution is 2.39. The van der Waals surface area contributed by atoms with Crippen LogP contribution in [-0.4, -0.2) is 21.9 Å². The summed E-state index contributed by atoms with van der Waals surface area (Å²) in [6, 6.07) is 7.63. The predicted molar refractivity (Wildman–Crippen MR) is 102 cm³/mol. The maximum Gasteiger partial charge on any atom is 0.260 e. The average molecular weight is 365 g/mol. The summed E-state index contributed by atoms with van der Waals surface area (Å²) in [5.74, 6) is -0.0982. The number of carbonyl (C=O) groups excluding carboxylic acids is 1. The second kappa shape index (κ2) is 6.16. The zero-order valence-corrected chi connectivity index (χ0v) is 14.4. The number of aromatic nitrogens is 2. The molecule has 0 bridgehead atoms. The van der Waals surface area contributed by atoms with Gasteiger partial charge in [0.25, 0.3) is 5.91 Å². The molecule has 6 N–H and O–H groups in total. The minimum absolute atomic E-state index is 0.269. The molecule has 0 saturated heterocycles. The topological polar surface area (TPSA) is 143 Å². The van der Waals surface area contributed by atoms with E-state index in [1.165, 1.54) is 0 Å². The van der Waals surface area contributed by atoms with Crippen LogP contribution in [0.15, 0.2) is 24.3 Å². The lowest BCUT2D eigenvalue weighted by Crippen LogP contribution is -2.10. The number of nitrogen functional groups attached to an aromatic ring is 1. The van der Waals surface area contributed by atoms with E-state index in [-0.39, 0.29) is 10.6 Å². The molecule has 1 aliphatic carbocycles. The van der Waals surface area contributed by atoms with Gasteiger partial charge in [0.2, 0.25) is 5.95 Å². The number of carbonyl (C=O) groups is 1. The number of primary amides is 1. The van der Waals surface area contributed by atoms with Crippen LogP contribution in [0.1, 0.15) is 22.5 Å². The minimum atomic E-state index is -0.590. The quantitative estimate of drug-likeness (QED) is 0.402. The van der Waals surface area contributed by atoms with Crippen LogP contribution in [0.3, 0.4) is 0 Å². The molecule has 8 nitrogen and oxygen atoms in total. The summed E-state index contributed by atoms with van der Waals surface area (Å²) in [6.07, 6.45) is 4.06. The Balaban J connectivity index is 1.94. The first kappa shape index (κ1) is 16.1. The van der Waals surface area contributed by atoms with Gasteiger partial charge in [-0.2, -0.15) is 5.26 Å². The summed E-state index contributed by atoms with van der Waals surface area (Å²) in [5, 5.41) is 15.3. The molecule has 1 amide bonds. The van der Waals surface area contributed by atoms with Gasteiger partial charge in [-0.3, -0.25) is 10.1 Å². The van der Waals surface area contributed by atoms with Crippen molar-refractivity contribution in [2.24, 2.45) is 5.73 Å². The summed E-state index contributed by atoms with van der Waals surface area (Å²) >= 11 is 1.16. The lowest BCUT2D eigenvalue weighted by atomic mass is 10.1. The molecule has 1 fully saturated rings. The molecule has 4 rings (SSSR count). The predicted octanol–water partition coefficient (Wildman–Crippen LogP) is 2.51. The van der Waals surface area contributed by atoms with Gasteiger partial charge in [-0.05, 0) is 25.0 Å². The molecule has 0 unspecified atom stereocenters. The van der Waals surface area contributed by atoms with Gasteiger partial charge < -0.3 is 16.8 Å². The number of nitrogens with two attached hydrogens (primary N) is 2. The summed E-state index contributed by atoms with van der Waals surface area (Å²) in [4.78, 5) is 21.7. The monoisotopic (exact) mass is 365 g/mol. The smallest absolute Gasteiger partial charge is 0.260 e. The van der Waals surface area contributed by atoms with Crippen LogP contribution in [0.5, 0.6) is 0 Å². The van der Waals surface area contributed by atoms with Crippen LogP contribution in [-0.2, 0) is 0 Å². The Bertz CT molecular complexity index is 1060. The molecule has 3 aromatic rings. The third-order valence-electron chi connectivity index (χ3n) is 4.06. The van der Waals surface area contributed by atoms with Crippen molar-refractivity contribution in [1.82, 2.24) is 9.97 Å². The molecule has 2 aromatic heterocycles. The van der Waals surface area contributed by atoms with Gasteiger partial charge in [-0.25, -0.2) is 9.97 Å². The fourth-order valence-corrected chi connectivity index (χ4v) is 3.64. The van der Waals surface area contributed by atoms with Crippen LogP contribution >= 0.6 is 11.3 Å². The van der Waals surface area contributed by atoms with Crippen molar-refractivity contribution in [3.8, 4) is 17.5 Å². The summed E-state index contributed by atoms with van der Waals surface area (Å²) in [7, 11) is 0. The number of rotatable bonds is 5. The number of thiophene rings is 1. The average Bonchev–Trinajstić information content (AvgIpc) is 3.36. The second-order valence-corrected chi connectivity index (χ2v) is 7.02. The summed E-state index contributed by atoms with van der Waals surface area (Å²) in [5.41, 5.74) is 13.9. The van der Waals surface area contributed by atoms with Gasteiger partial charge >= 0.3 is 0 Å². The van der Waals surface area contributed by atoms with Gasteiger partial charge in [-0.1, -0.05) is 12.1 Å². The first-order valence-corrected chi connectivity index (χ1v) is 8.80. The van der Waals surface area contributed by atoms with Crippen LogP contribution in [0.4, 0.5) is 17.3 Å². The number of benzene rings is 1. The Morgan fingerprint density at radius 1 is 1.35 bits per heavy atom. The van der Waals surface area contributed by atoms with Gasteiger partial charge in [-0.15, -0.1) is 11.3 Å². The highest BCUT2D eigenvalue weighted by Gasteiger charge is 2.25. The Morgan fingerprint density at radius 2 is 2.15 bits per heavy atom. The van der Waals surface area contributed by atoms with Crippen LogP contribution in [0.25, 0.3) is 21.5 Å². The van der Waals surface area contributed by atoms with Crippen molar-refractivity contribution >= 4 is 44.8 Å². The van der Waals surface area contributed by atoms with E-state index in [4.69, 9.17) is 16.7 Å². The number of hydrogen-bond acceptors (Lipinski definition) is 8. The first-order chi connectivity index (χ1) is 12.6. The molecule has 0 spiro atoms.